The predicted molar refractivity (Wildman–Crippen MR) is 73.6 cm³/mol. The molecule has 112 valence electrons. The summed E-state index contributed by atoms with van der Waals surface area (Å²) in [6.07, 6.45) is 2.95. The summed E-state index contributed by atoms with van der Waals surface area (Å²) in [5.41, 5.74) is 1.24. The van der Waals surface area contributed by atoms with Crippen LogP contribution >= 0.6 is 0 Å². The Morgan fingerprint density at radius 3 is 3.05 bits per heavy atom. The lowest BCUT2D eigenvalue weighted by Crippen LogP contribution is -2.37. The van der Waals surface area contributed by atoms with Gasteiger partial charge in [-0.25, -0.2) is 0 Å². The van der Waals surface area contributed by atoms with Crippen molar-refractivity contribution in [2.75, 3.05) is 19.8 Å². The third-order valence-corrected chi connectivity index (χ3v) is 4.33. The molecule has 1 fully saturated rings. The van der Waals surface area contributed by atoms with E-state index in [4.69, 9.17) is 9.26 Å². The molecule has 0 radical (unpaired) electrons. The first-order valence-corrected chi connectivity index (χ1v) is 7.42. The Morgan fingerprint density at radius 1 is 1.33 bits per heavy atom. The third-order valence-electron chi connectivity index (χ3n) is 4.33. The van der Waals surface area contributed by atoms with Crippen molar-refractivity contribution in [1.82, 2.24) is 24.8 Å². The monoisotopic (exact) mass is 289 g/mol. The Balaban J connectivity index is 1.64. The summed E-state index contributed by atoms with van der Waals surface area (Å²) >= 11 is 0. The molecule has 2 aromatic rings. The molecule has 1 saturated heterocycles. The van der Waals surface area contributed by atoms with Gasteiger partial charge < -0.3 is 9.26 Å². The first kappa shape index (κ1) is 13.0. The van der Waals surface area contributed by atoms with E-state index in [0.717, 1.165) is 39.3 Å². The van der Waals surface area contributed by atoms with Gasteiger partial charge in [-0.3, -0.25) is 9.58 Å². The lowest BCUT2D eigenvalue weighted by molar-refractivity contribution is 0.132. The van der Waals surface area contributed by atoms with Gasteiger partial charge in [0, 0.05) is 31.9 Å². The van der Waals surface area contributed by atoms with Gasteiger partial charge in [-0.2, -0.15) is 10.1 Å². The van der Waals surface area contributed by atoms with Gasteiger partial charge in [0.2, 0.25) is 5.89 Å². The molecule has 2 aliphatic heterocycles. The molecule has 2 aliphatic rings. The van der Waals surface area contributed by atoms with Crippen LogP contribution in [0.1, 0.15) is 29.7 Å². The first-order valence-electron chi connectivity index (χ1n) is 7.42. The number of hydrogen-bond donors (Lipinski definition) is 0. The molecule has 4 heterocycles. The minimum atomic E-state index is 0.174. The van der Waals surface area contributed by atoms with Crippen LogP contribution in [0, 0.1) is 6.92 Å². The molecule has 7 nitrogen and oxygen atoms in total. The van der Waals surface area contributed by atoms with E-state index in [-0.39, 0.29) is 5.92 Å². The van der Waals surface area contributed by atoms with Crippen molar-refractivity contribution in [3.05, 3.63) is 29.7 Å². The van der Waals surface area contributed by atoms with Gasteiger partial charge in [0.1, 0.15) is 0 Å². The summed E-state index contributed by atoms with van der Waals surface area (Å²) in [5.74, 6) is 1.57. The molecule has 0 bridgehead atoms. The SMILES string of the molecule is Cc1noc(C2CN(C3CCOC3)Cc3ccnn3C2)n1. The smallest absolute Gasteiger partial charge is 0.232 e. The molecular formula is C14H19N5O2. The lowest BCUT2D eigenvalue weighted by Gasteiger charge is -2.27. The normalized spacial score (nSPS) is 26.7. The maximum atomic E-state index is 5.55. The van der Waals surface area contributed by atoms with Crippen molar-refractivity contribution < 1.29 is 9.26 Å². The Labute approximate surface area is 122 Å². The van der Waals surface area contributed by atoms with Gasteiger partial charge in [0.05, 0.1) is 24.8 Å². The third kappa shape index (κ3) is 2.47. The van der Waals surface area contributed by atoms with Crippen LogP contribution in [-0.2, 0) is 17.8 Å². The van der Waals surface area contributed by atoms with Gasteiger partial charge in [0.15, 0.2) is 5.82 Å². The fraction of sp³-hybridized carbons (Fsp3) is 0.643. The summed E-state index contributed by atoms with van der Waals surface area (Å²) < 4.78 is 13.0. The highest BCUT2D eigenvalue weighted by Crippen LogP contribution is 2.26. The van der Waals surface area contributed by atoms with E-state index in [2.05, 4.69) is 30.9 Å². The van der Waals surface area contributed by atoms with Crippen LogP contribution in [0.2, 0.25) is 0 Å². The second kappa shape index (κ2) is 5.23. The average molecular weight is 289 g/mol. The number of nitrogens with zero attached hydrogens (tertiary/aromatic N) is 5. The van der Waals surface area contributed by atoms with Crippen LogP contribution < -0.4 is 0 Å². The summed E-state index contributed by atoms with van der Waals surface area (Å²) in [4.78, 5) is 6.89. The molecule has 0 aromatic carbocycles. The Morgan fingerprint density at radius 2 is 2.29 bits per heavy atom. The minimum Gasteiger partial charge on any atom is -0.380 e. The van der Waals surface area contributed by atoms with Crippen LogP contribution in [0.15, 0.2) is 16.8 Å². The zero-order valence-electron chi connectivity index (χ0n) is 12.1. The minimum absolute atomic E-state index is 0.174. The van der Waals surface area contributed by atoms with Gasteiger partial charge >= 0.3 is 0 Å². The fourth-order valence-electron chi connectivity index (χ4n) is 3.20. The Kier molecular flexibility index (Phi) is 3.23. The molecule has 2 aromatic heterocycles. The number of rotatable bonds is 2. The zero-order valence-corrected chi connectivity index (χ0v) is 12.1. The van der Waals surface area contributed by atoms with Crippen molar-refractivity contribution >= 4 is 0 Å². The largest absolute Gasteiger partial charge is 0.380 e. The van der Waals surface area contributed by atoms with E-state index in [1.165, 1.54) is 5.69 Å². The van der Waals surface area contributed by atoms with Crippen LogP contribution in [0.3, 0.4) is 0 Å². The summed E-state index contributed by atoms with van der Waals surface area (Å²) in [6, 6.07) is 2.56. The van der Waals surface area contributed by atoms with Gasteiger partial charge in [-0.05, 0) is 19.4 Å². The second-order valence-corrected chi connectivity index (χ2v) is 5.83. The summed E-state index contributed by atoms with van der Waals surface area (Å²) in [5, 5.41) is 8.36. The van der Waals surface area contributed by atoms with Crippen LogP contribution in [0.25, 0.3) is 0 Å². The number of aryl methyl sites for hydroxylation is 1. The molecule has 2 atom stereocenters. The van der Waals surface area contributed by atoms with Crippen LogP contribution in [0.5, 0.6) is 0 Å². The van der Waals surface area contributed by atoms with Gasteiger partial charge in [0.25, 0.3) is 0 Å². The fourth-order valence-corrected chi connectivity index (χ4v) is 3.20. The lowest BCUT2D eigenvalue weighted by atomic mass is 10.1. The van der Waals surface area contributed by atoms with Crippen molar-refractivity contribution in [2.45, 2.75) is 38.4 Å². The van der Waals surface area contributed by atoms with Crippen molar-refractivity contribution in [3.63, 3.8) is 0 Å². The summed E-state index contributed by atoms with van der Waals surface area (Å²) in [7, 11) is 0. The molecule has 7 heteroatoms. The van der Waals surface area contributed by atoms with Crippen molar-refractivity contribution in [3.8, 4) is 0 Å². The average Bonchev–Trinajstić information content (AvgIpc) is 3.19. The maximum Gasteiger partial charge on any atom is 0.232 e. The molecule has 0 aliphatic carbocycles. The number of aromatic nitrogens is 4. The van der Waals surface area contributed by atoms with E-state index >= 15 is 0 Å². The number of fused-ring (bicyclic) bond motifs is 1. The van der Waals surface area contributed by atoms with Crippen LogP contribution in [-0.4, -0.2) is 50.6 Å². The molecule has 21 heavy (non-hydrogen) atoms. The Bertz CT molecular complexity index is 616. The highest BCUT2D eigenvalue weighted by atomic mass is 16.5. The molecule has 0 amide bonds. The first-order chi connectivity index (χ1) is 10.3. The van der Waals surface area contributed by atoms with Crippen molar-refractivity contribution in [1.29, 1.82) is 0 Å². The highest BCUT2D eigenvalue weighted by Gasteiger charge is 2.32. The molecule has 4 rings (SSSR count). The van der Waals surface area contributed by atoms with Crippen molar-refractivity contribution in [2.24, 2.45) is 0 Å². The molecule has 0 N–H and O–H groups in total. The number of ether oxygens (including phenoxy) is 1. The predicted octanol–water partition coefficient (Wildman–Crippen LogP) is 0.963. The highest BCUT2D eigenvalue weighted by molar-refractivity contribution is 5.06. The molecular weight excluding hydrogens is 270 g/mol. The van der Waals surface area contributed by atoms with Gasteiger partial charge in [-0.1, -0.05) is 5.16 Å². The molecule has 0 spiro atoms. The van der Waals surface area contributed by atoms with Crippen LogP contribution in [0.4, 0.5) is 0 Å². The quantitative estimate of drug-likeness (QED) is 0.820. The van der Waals surface area contributed by atoms with E-state index in [0.29, 0.717) is 17.8 Å². The van der Waals surface area contributed by atoms with E-state index in [1.54, 1.807) is 0 Å². The van der Waals surface area contributed by atoms with Gasteiger partial charge in [-0.15, -0.1) is 0 Å². The topological polar surface area (TPSA) is 69.2 Å². The standard InChI is InChI=1S/C14H19N5O2/c1-10-16-14(21-17-10)11-6-18(13-3-5-20-9-13)8-12-2-4-15-19(12)7-11/h2,4,11,13H,3,5-9H2,1H3. The number of hydrogen-bond acceptors (Lipinski definition) is 6. The maximum absolute atomic E-state index is 5.55. The molecule has 0 saturated carbocycles. The van der Waals surface area contributed by atoms with E-state index in [1.807, 2.05) is 13.1 Å². The van der Waals surface area contributed by atoms with E-state index in [9.17, 15) is 0 Å². The van der Waals surface area contributed by atoms with E-state index < -0.39 is 0 Å². The summed E-state index contributed by atoms with van der Waals surface area (Å²) in [6.45, 7) is 6.10. The zero-order chi connectivity index (χ0) is 14.2. The Hall–Kier alpha value is -1.73. The molecule has 2 unspecified atom stereocenters. The second-order valence-electron chi connectivity index (χ2n) is 5.83.